The Morgan fingerprint density at radius 2 is 2.13 bits per heavy atom. The van der Waals surface area contributed by atoms with E-state index in [1.807, 2.05) is 35.7 Å². The highest BCUT2D eigenvalue weighted by Crippen LogP contribution is 2.36. The molecule has 2 atom stereocenters. The van der Waals surface area contributed by atoms with Crippen molar-refractivity contribution in [1.29, 1.82) is 0 Å². The fourth-order valence-electron chi connectivity index (χ4n) is 3.34. The van der Waals surface area contributed by atoms with Gasteiger partial charge in [0, 0.05) is 23.7 Å². The van der Waals surface area contributed by atoms with E-state index in [2.05, 4.69) is 24.0 Å². The third kappa shape index (κ3) is 3.68. The number of carbonyl (C=O) groups is 1. The molecule has 2 N–H and O–H groups in total. The number of carbonyl (C=O) groups excluding carboxylic acids is 1. The molecule has 0 saturated carbocycles. The minimum absolute atomic E-state index is 0. The third-order valence-corrected chi connectivity index (χ3v) is 6.02. The van der Waals surface area contributed by atoms with Crippen molar-refractivity contribution in [3.05, 3.63) is 24.3 Å². The van der Waals surface area contributed by atoms with Gasteiger partial charge in [0.1, 0.15) is 0 Å². The molecule has 1 aromatic rings. The number of anilines is 1. The summed E-state index contributed by atoms with van der Waals surface area (Å²) in [5.74, 6) is 1.18. The van der Waals surface area contributed by atoms with Crippen LogP contribution in [0.25, 0.3) is 0 Å². The molecule has 2 aliphatic rings. The van der Waals surface area contributed by atoms with E-state index in [0.29, 0.717) is 6.54 Å². The fraction of sp³-hybridized carbons (Fsp3) is 0.588. The molecule has 0 spiro atoms. The Labute approximate surface area is 149 Å². The molecule has 2 unspecified atom stereocenters. The van der Waals surface area contributed by atoms with Gasteiger partial charge in [-0.25, -0.2) is 0 Å². The molecule has 6 heteroatoms. The minimum Gasteiger partial charge on any atom is -0.330 e. The second-order valence-corrected chi connectivity index (χ2v) is 7.85. The number of nitrogens with zero attached hydrogens (tertiary/aromatic N) is 2. The summed E-state index contributed by atoms with van der Waals surface area (Å²) in [6.45, 7) is 7.62. The second-order valence-electron chi connectivity index (χ2n) is 6.72. The predicted octanol–water partition coefficient (Wildman–Crippen LogP) is 2.61. The van der Waals surface area contributed by atoms with Gasteiger partial charge in [-0.15, -0.1) is 24.2 Å². The molecular formula is C17H26ClN3OS. The van der Waals surface area contributed by atoms with Crippen LogP contribution in [-0.2, 0) is 4.79 Å². The summed E-state index contributed by atoms with van der Waals surface area (Å²) >= 11 is 1.83. The van der Waals surface area contributed by atoms with Crippen molar-refractivity contribution in [3.8, 4) is 0 Å². The number of hydrogen-bond donors (Lipinski definition) is 1. The Hall–Kier alpha value is -0.750. The van der Waals surface area contributed by atoms with Crippen LogP contribution in [0.5, 0.6) is 0 Å². The monoisotopic (exact) mass is 355 g/mol. The normalized spacial score (nSPS) is 25.6. The largest absolute Gasteiger partial charge is 0.330 e. The Bertz CT molecular complexity index is 571. The first-order valence-corrected chi connectivity index (χ1v) is 9.00. The SMILES string of the molecule is CC(C(=O)N1CCSc2ccccc21)N1CCC(C)(CN)C1.Cl. The maximum absolute atomic E-state index is 13.0. The smallest absolute Gasteiger partial charge is 0.244 e. The summed E-state index contributed by atoms with van der Waals surface area (Å²) in [5, 5.41) is 0. The van der Waals surface area contributed by atoms with Crippen molar-refractivity contribution in [3.63, 3.8) is 0 Å². The summed E-state index contributed by atoms with van der Waals surface area (Å²) in [4.78, 5) is 18.5. The molecule has 1 saturated heterocycles. The molecule has 0 radical (unpaired) electrons. The van der Waals surface area contributed by atoms with E-state index in [1.54, 1.807) is 0 Å². The van der Waals surface area contributed by atoms with Gasteiger partial charge in [-0.2, -0.15) is 0 Å². The van der Waals surface area contributed by atoms with Gasteiger partial charge in [-0.3, -0.25) is 9.69 Å². The van der Waals surface area contributed by atoms with Crippen LogP contribution in [0.3, 0.4) is 0 Å². The molecule has 1 amide bonds. The topological polar surface area (TPSA) is 49.6 Å². The van der Waals surface area contributed by atoms with E-state index in [-0.39, 0.29) is 29.8 Å². The first-order chi connectivity index (χ1) is 10.5. The molecule has 3 rings (SSSR count). The van der Waals surface area contributed by atoms with Crippen molar-refractivity contribution in [1.82, 2.24) is 4.90 Å². The second kappa shape index (κ2) is 7.43. The predicted molar refractivity (Wildman–Crippen MR) is 99.6 cm³/mol. The molecule has 2 heterocycles. The van der Waals surface area contributed by atoms with Gasteiger partial charge >= 0.3 is 0 Å². The first-order valence-electron chi connectivity index (χ1n) is 8.01. The summed E-state index contributed by atoms with van der Waals surface area (Å²) < 4.78 is 0. The Morgan fingerprint density at radius 1 is 1.39 bits per heavy atom. The van der Waals surface area contributed by atoms with Gasteiger partial charge in [-0.05, 0) is 44.0 Å². The highest BCUT2D eigenvalue weighted by atomic mass is 35.5. The van der Waals surface area contributed by atoms with Crippen LogP contribution >= 0.6 is 24.2 Å². The van der Waals surface area contributed by atoms with Crippen molar-refractivity contribution in [2.24, 2.45) is 11.1 Å². The number of hydrogen-bond acceptors (Lipinski definition) is 4. The highest BCUT2D eigenvalue weighted by molar-refractivity contribution is 7.99. The fourth-order valence-corrected chi connectivity index (χ4v) is 4.33. The van der Waals surface area contributed by atoms with Gasteiger partial charge in [0.15, 0.2) is 0 Å². The lowest BCUT2D eigenvalue weighted by Gasteiger charge is -2.34. The van der Waals surface area contributed by atoms with Crippen LogP contribution in [0.1, 0.15) is 20.3 Å². The lowest BCUT2D eigenvalue weighted by atomic mass is 9.90. The molecule has 128 valence electrons. The Morgan fingerprint density at radius 3 is 2.83 bits per heavy atom. The zero-order valence-corrected chi connectivity index (χ0v) is 15.5. The number of likely N-dealkylation sites (tertiary alicyclic amines) is 1. The molecule has 2 aliphatic heterocycles. The average Bonchev–Trinajstić information content (AvgIpc) is 2.96. The Balaban J connectivity index is 0.00000192. The molecule has 0 bridgehead atoms. The minimum atomic E-state index is -0.0791. The van der Waals surface area contributed by atoms with Crippen molar-refractivity contribution >= 4 is 35.8 Å². The summed E-state index contributed by atoms with van der Waals surface area (Å²) in [6.07, 6.45) is 1.08. The maximum Gasteiger partial charge on any atom is 0.244 e. The van der Waals surface area contributed by atoms with E-state index in [1.165, 1.54) is 4.90 Å². The molecule has 0 aromatic heterocycles. The summed E-state index contributed by atoms with van der Waals surface area (Å²) in [5.41, 5.74) is 7.11. The lowest BCUT2D eigenvalue weighted by molar-refractivity contribution is -0.123. The number of halogens is 1. The number of nitrogens with two attached hydrogens (primary N) is 1. The van der Waals surface area contributed by atoms with Crippen LogP contribution in [0, 0.1) is 5.41 Å². The van der Waals surface area contributed by atoms with Gasteiger partial charge < -0.3 is 10.6 Å². The number of rotatable bonds is 3. The van der Waals surface area contributed by atoms with E-state index < -0.39 is 0 Å². The third-order valence-electron chi connectivity index (χ3n) is 4.98. The highest BCUT2D eigenvalue weighted by Gasteiger charge is 2.38. The number of benzene rings is 1. The Kier molecular flexibility index (Phi) is 6.00. The zero-order valence-electron chi connectivity index (χ0n) is 13.8. The molecule has 1 fully saturated rings. The van der Waals surface area contributed by atoms with Crippen LogP contribution in [0.2, 0.25) is 0 Å². The van der Waals surface area contributed by atoms with Gasteiger partial charge in [0.2, 0.25) is 5.91 Å². The average molecular weight is 356 g/mol. The molecule has 1 aromatic carbocycles. The zero-order chi connectivity index (χ0) is 15.7. The molecule has 23 heavy (non-hydrogen) atoms. The quantitative estimate of drug-likeness (QED) is 0.905. The number of amides is 1. The van der Waals surface area contributed by atoms with Crippen molar-refractivity contribution < 1.29 is 4.79 Å². The van der Waals surface area contributed by atoms with E-state index in [0.717, 1.165) is 37.5 Å². The number of thioether (sulfide) groups is 1. The number of para-hydroxylation sites is 1. The van der Waals surface area contributed by atoms with Crippen LogP contribution in [0.15, 0.2) is 29.2 Å². The molecule has 4 nitrogen and oxygen atoms in total. The standard InChI is InChI=1S/C17H25N3OS.ClH/c1-13(19-8-7-17(2,11-18)12-19)16(21)20-9-10-22-15-6-4-3-5-14(15)20;/h3-6,13H,7-12,18H2,1-2H3;1H. The molecular weight excluding hydrogens is 330 g/mol. The van der Waals surface area contributed by atoms with Crippen molar-refractivity contribution in [2.45, 2.75) is 31.2 Å². The van der Waals surface area contributed by atoms with Gasteiger partial charge in [0.05, 0.1) is 11.7 Å². The first kappa shape index (κ1) is 18.6. The van der Waals surface area contributed by atoms with Gasteiger partial charge in [-0.1, -0.05) is 19.1 Å². The van der Waals surface area contributed by atoms with Crippen LogP contribution in [0.4, 0.5) is 5.69 Å². The maximum atomic E-state index is 13.0. The summed E-state index contributed by atoms with van der Waals surface area (Å²) in [6, 6.07) is 8.13. The van der Waals surface area contributed by atoms with E-state index in [4.69, 9.17) is 5.73 Å². The summed E-state index contributed by atoms with van der Waals surface area (Å²) in [7, 11) is 0. The lowest BCUT2D eigenvalue weighted by Crippen LogP contribution is -2.48. The van der Waals surface area contributed by atoms with E-state index >= 15 is 0 Å². The van der Waals surface area contributed by atoms with Crippen LogP contribution in [-0.4, -0.2) is 48.8 Å². The van der Waals surface area contributed by atoms with Crippen LogP contribution < -0.4 is 10.6 Å². The van der Waals surface area contributed by atoms with Crippen molar-refractivity contribution in [2.75, 3.05) is 36.8 Å². The van der Waals surface area contributed by atoms with Gasteiger partial charge in [0.25, 0.3) is 0 Å². The molecule has 0 aliphatic carbocycles. The van der Waals surface area contributed by atoms with E-state index in [9.17, 15) is 4.79 Å². The number of fused-ring (bicyclic) bond motifs is 1.